The summed E-state index contributed by atoms with van der Waals surface area (Å²) in [4.78, 5) is 48.4. The number of fused-ring (bicyclic) bond motifs is 5. The molecule has 2 fully saturated rings. The third-order valence-electron chi connectivity index (χ3n) is 9.82. The van der Waals surface area contributed by atoms with E-state index in [0.717, 1.165) is 50.5 Å². The normalized spacial score (nSPS) is 25.3. The number of carbonyl (C=O) groups excluding carboxylic acids is 2. The Hall–Kier alpha value is -3.80. The molecule has 6 heterocycles. The number of likely N-dealkylation sites (tertiary alicyclic amines) is 2. The van der Waals surface area contributed by atoms with Gasteiger partial charge in [-0.15, -0.1) is 0 Å². The number of nitrogens with zero attached hydrogens (tertiary/aromatic N) is 4. The number of phenolic OH excluding ortho intramolecular Hbond substituents is 1. The highest BCUT2D eigenvalue weighted by Gasteiger charge is 2.50. The Labute approximate surface area is 255 Å². The summed E-state index contributed by atoms with van der Waals surface area (Å²) in [7, 11) is 0. The van der Waals surface area contributed by atoms with Crippen molar-refractivity contribution < 1.29 is 29.3 Å². The zero-order valence-electron chi connectivity index (χ0n) is 25.2. The van der Waals surface area contributed by atoms with Gasteiger partial charge in [0.15, 0.2) is 5.60 Å². The number of hydrogen-bond acceptors (Lipinski definition) is 10. The Morgan fingerprint density at radius 1 is 1.11 bits per heavy atom. The Bertz CT molecular complexity index is 1730. The van der Waals surface area contributed by atoms with E-state index in [1.165, 1.54) is 30.3 Å². The zero-order chi connectivity index (χ0) is 30.7. The van der Waals surface area contributed by atoms with Crippen LogP contribution < -0.4 is 5.56 Å². The lowest BCUT2D eigenvalue weighted by molar-refractivity contribution is -0.210. The zero-order valence-corrected chi connectivity index (χ0v) is 25.2. The topological polar surface area (TPSA) is 134 Å². The maximum atomic E-state index is 13.9. The molecule has 11 nitrogen and oxygen atoms in total. The minimum absolute atomic E-state index is 0.0428. The summed E-state index contributed by atoms with van der Waals surface area (Å²) in [6.07, 6.45) is 6.07. The summed E-state index contributed by atoms with van der Waals surface area (Å²) in [6.45, 7) is 6.83. The Morgan fingerprint density at radius 3 is 2.64 bits per heavy atom. The highest BCUT2D eigenvalue weighted by atomic mass is 16.7. The molecule has 2 saturated heterocycles. The van der Waals surface area contributed by atoms with E-state index < -0.39 is 29.4 Å². The fourth-order valence-electron chi connectivity index (χ4n) is 7.48. The second kappa shape index (κ2) is 11.0. The van der Waals surface area contributed by atoms with Crippen LogP contribution in [0.1, 0.15) is 87.3 Å². The number of aliphatic hydroxyl groups is 1. The second-order valence-corrected chi connectivity index (χ2v) is 12.5. The van der Waals surface area contributed by atoms with Gasteiger partial charge in [0.25, 0.3) is 11.8 Å². The van der Waals surface area contributed by atoms with Crippen LogP contribution in [0.25, 0.3) is 22.3 Å². The molecule has 2 unspecified atom stereocenters. The number of esters is 2. The smallest absolute Gasteiger partial charge is 0.346 e. The molecular weight excluding hydrogens is 564 g/mol. The van der Waals surface area contributed by atoms with Gasteiger partial charge < -0.3 is 24.3 Å². The number of ether oxygens (including phenoxy) is 2. The monoisotopic (exact) mass is 602 g/mol. The number of phenols is 1. The summed E-state index contributed by atoms with van der Waals surface area (Å²) < 4.78 is 11.9. The maximum Gasteiger partial charge on any atom is 0.346 e. The molecule has 7 rings (SSSR count). The first-order chi connectivity index (χ1) is 21.2. The third-order valence-corrected chi connectivity index (χ3v) is 9.82. The van der Waals surface area contributed by atoms with Crippen LogP contribution in [0.5, 0.6) is 5.75 Å². The summed E-state index contributed by atoms with van der Waals surface area (Å²) in [5, 5.41) is 23.4. The maximum absolute atomic E-state index is 13.9. The number of pyridine rings is 2. The quantitative estimate of drug-likeness (QED) is 0.326. The van der Waals surface area contributed by atoms with Crippen LogP contribution in [0.4, 0.5) is 0 Å². The van der Waals surface area contributed by atoms with Crippen LogP contribution >= 0.6 is 0 Å². The van der Waals surface area contributed by atoms with Crippen molar-refractivity contribution in [1.82, 2.24) is 19.4 Å². The molecule has 0 saturated carbocycles. The third kappa shape index (κ3) is 4.60. The average Bonchev–Trinajstić information content (AvgIpc) is 3.38. The fraction of sp³-hybridized carbons (Fsp3) is 0.515. The Kier molecular flexibility index (Phi) is 7.22. The van der Waals surface area contributed by atoms with Crippen LogP contribution in [0.3, 0.4) is 0 Å². The van der Waals surface area contributed by atoms with Gasteiger partial charge >= 0.3 is 11.9 Å². The van der Waals surface area contributed by atoms with Gasteiger partial charge in [0, 0.05) is 35.5 Å². The van der Waals surface area contributed by atoms with Crippen molar-refractivity contribution in [2.75, 3.05) is 19.6 Å². The van der Waals surface area contributed by atoms with Gasteiger partial charge in [-0.1, -0.05) is 19.4 Å². The van der Waals surface area contributed by atoms with E-state index in [0.29, 0.717) is 35.0 Å². The summed E-state index contributed by atoms with van der Waals surface area (Å²) in [5.41, 5.74) is 0.485. The van der Waals surface area contributed by atoms with Gasteiger partial charge in [-0.3, -0.25) is 19.4 Å². The molecule has 4 aliphatic heterocycles. The first kappa shape index (κ1) is 28.9. The van der Waals surface area contributed by atoms with E-state index in [1.54, 1.807) is 13.0 Å². The van der Waals surface area contributed by atoms with E-state index in [2.05, 4.69) is 9.80 Å². The SMILES string of the molecule is CC[C@@]1(O)C(=O)OC(OC(C)=O)c2c1cc1n(c2=O)Cc2cc3c(O)c(CN4CCCCC4N4CCCCC4)ccc3nc2-1. The van der Waals surface area contributed by atoms with Crippen molar-refractivity contribution >= 4 is 22.8 Å². The van der Waals surface area contributed by atoms with Gasteiger partial charge in [-0.2, -0.15) is 0 Å². The first-order valence-corrected chi connectivity index (χ1v) is 15.7. The predicted octanol–water partition coefficient (Wildman–Crippen LogP) is 3.64. The summed E-state index contributed by atoms with van der Waals surface area (Å²) in [5.74, 6) is -1.52. The van der Waals surface area contributed by atoms with Gasteiger partial charge in [-0.25, -0.2) is 9.78 Å². The predicted molar refractivity (Wildman–Crippen MR) is 160 cm³/mol. The number of rotatable bonds is 5. The van der Waals surface area contributed by atoms with Crippen molar-refractivity contribution in [3.8, 4) is 17.1 Å². The van der Waals surface area contributed by atoms with E-state index in [9.17, 15) is 24.6 Å². The Balaban J connectivity index is 1.26. The lowest BCUT2D eigenvalue weighted by Crippen LogP contribution is -2.52. The van der Waals surface area contributed by atoms with Crippen LogP contribution in [0.15, 0.2) is 29.1 Å². The molecular formula is C33H38N4O7. The van der Waals surface area contributed by atoms with E-state index in [-0.39, 0.29) is 29.8 Å². The molecule has 0 radical (unpaired) electrons. The molecule has 2 aromatic heterocycles. The minimum Gasteiger partial charge on any atom is -0.507 e. The summed E-state index contributed by atoms with van der Waals surface area (Å²) >= 11 is 0. The molecule has 0 amide bonds. The van der Waals surface area contributed by atoms with Gasteiger partial charge in [0.1, 0.15) is 11.3 Å². The highest BCUT2D eigenvalue weighted by Crippen LogP contribution is 2.43. The number of cyclic esters (lactones) is 1. The number of benzene rings is 1. The van der Waals surface area contributed by atoms with Crippen molar-refractivity contribution in [2.45, 2.75) is 89.9 Å². The number of aromatic nitrogens is 2. The largest absolute Gasteiger partial charge is 0.507 e. The molecule has 1 aromatic carbocycles. The average molecular weight is 603 g/mol. The van der Waals surface area contributed by atoms with Gasteiger partial charge in [0.2, 0.25) is 0 Å². The van der Waals surface area contributed by atoms with E-state index in [4.69, 9.17) is 14.5 Å². The van der Waals surface area contributed by atoms with Crippen molar-refractivity contribution in [3.05, 3.63) is 56.9 Å². The van der Waals surface area contributed by atoms with E-state index >= 15 is 0 Å². The molecule has 11 heteroatoms. The highest BCUT2D eigenvalue weighted by molar-refractivity contribution is 5.90. The van der Waals surface area contributed by atoms with Crippen LogP contribution in [-0.2, 0) is 37.8 Å². The molecule has 232 valence electrons. The van der Waals surface area contributed by atoms with Gasteiger partial charge in [0.05, 0.1) is 29.6 Å². The Morgan fingerprint density at radius 2 is 1.89 bits per heavy atom. The van der Waals surface area contributed by atoms with Gasteiger partial charge in [-0.05, 0) is 76.4 Å². The molecule has 0 bridgehead atoms. The van der Waals surface area contributed by atoms with E-state index in [1.807, 2.05) is 18.2 Å². The lowest BCUT2D eigenvalue weighted by atomic mass is 9.85. The molecule has 44 heavy (non-hydrogen) atoms. The number of aromatic hydroxyl groups is 1. The number of hydrogen-bond donors (Lipinski definition) is 2. The molecule has 4 aliphatic rings. The first-order valence-electron chi connectivity index (χ1n) is 15.7. The van der Waals surface area contributed by atoms with Crippen LogP contribution in [0, 0.1) is 0 Å². The number of piperidine rings is 2. The lowest BCUT2D eigenvalue weighted by Gasteiger charge is -2.44. The molecule has 2 N–H and O–H groups in total. The molecule has 3 aromatic rings. The molecule has 0 aliphatic carbocycles. The molecule has 0 spiro atoms. The second-order valence-electron chi connectivity index (χ2n) is 12.5. The van der Waals surface area contributed by atoms with Crippen LogP contribution in [0.2, 0.25) is 0 Å². The number of carbonyl (C=O) groups is 2. The van der Waals surface area contributed by atoms with Crippen molar-refractivity contribution in [3.63, 3.8) is 0 Å². The van der Waals surface area contributed by atoms with Crippen LogP contribution in [-0.4, -0.2) is 67.3 Å². The summed E-state index contributed by atoms with van der Waals surface area (Å²) in [6, 6.07) is 7.29. The van der Waals surface area contributed by atoms with Crippen molar-refractivity contribution in [2.24, 2.45) is 0 Å². The fourth-order valence-corrected chi connectivity index (χ4v) is 7.48. The minimum atomic E-state index is -2.08. The van der Waals surface area contributed by atoms with Crippen molar-refractivity contribution in [1.29, 1.82) is 0 Å². The molecule has 3 atom stereocenters. The standard InChI is InChI=1S/C33H38N4O7/c1-3-33(42)23-16-25-28-21(18-37(25)30(40)27(23)31(43-19(2)38)44-32(33)41)15-22-24(34-28)11-10-20(29(22)39)17-36-14-8-5-9-26(36)35-12-6-4-7-13-35/h10-11,15-16,26,31,39,42H,3-9,12-14,17-18H2,1-2H3/t26?,31?,33-/m0/s1.